The lowest BCUT2D eigenvalue weighted by molar-refractivity contribution is 0.382. The van der Waals surface area contributed by atoms with Gasteiger partial charge in [-0.3, -0.25) is 9.97 Å². The fourth-order valence-corrected chi connectivity index (χ4v) is 2.14. The average Bonchev–Trinajstić information content (AvgIpc) is 2.49. The number of rotatable bonds is 6. The predicted molar refractivity (Wildman–Crippen MR) is 77.7 cm³/mol. The number of nitrogens with one attached hydrogen (secondary N) is 1. The van der Waals surface area contributed by atoms with E-state index in [2.05, 4.69) is 27.2 Å². The number of methoxy groups -OCH3 is 1. The van der Waals surface area contributed by atoms with Crippen LogP contribution in [-0.2, 0) is 0 Å². The lowest BCUT2D eigenvalue weighted by Crippen LogP contribution is -2.25. The Kier molecular flexibility index (Phi) is 5.01. The topological polar surface area (TPSA) is 59.9 Å². The highest BCUT2D eigenvalue weighted by Crippen LogP contribution is 2.27. The highest BCUT2D eigenvalue weighted by atomic mass is 16.5. The summed E-state index contributed by atoms with van der Waals surface area (Å²) >= 11 is 0. The third kappa shape index (κ3) is 3.11. The van der Waals surface area contributed by atoms with Crippen molar-refractivity contribution in [2.45, 2.75) is 26.3 Å². The molecular weight excluding hydrogens is 252 g/mol. The van der Waals surface area contributed by atoms with Crippen LogP contribution >= 0.6 is 0 Å². The third-order valence-electron chi connectivity index (χ3n) is 3.13. The molecule has 5 heteroatoms. The molecule has 5 nitrogen and oxygen atoms in total. The van der Waals surface area contributed by atoms with Crippen LogP contribution in [0.3, 0.4) is 0 Å². The minimum atomic E-state index is -0.0402. The molecule has 2 aromatic rings. The van der Waals surface area contributed by atoms with Crippen molar-refractivity contribution in [2.75, 3.05) is 13.7 Å². The fourth-order valence-electron chi connectivity index (χ4n) is 2.14. The van der Waals surface area contributed by atoms with Gasteiger partial charge in [0.1, 0.15) is 5.69 Å². The van der Waals surface area contributed by atoms with E-state index in [1.54, 1.807) is 25.7 Å². The molecule has 0 fully saturated rings. The van der Waals surface area contributed by atoms with Gasteiger partial charge in [-0.05, 0) is 37.1 Å². The molecule has 2 rings (SSSR count). The van der Waals surface area contributed by atoms with Crippen LogP contribution in [0.2, 0.25) is 0 Å². The number of aryl methyl sites for hydroxylation is 1. The minimum Gasteiger partial charge on any atom is -0.480 e. The summed E-state index contributed by atoms with van der Waals surface area (Å²) in [7, 11) is 1.61. The summed E-state index contributed by atoms with van der Waals surface area (Å²) in [6.07, 6.45) is 8.03. The van der Waals surface area contributed by atoms with E-state index in [0.717, 1.165) is 29.8 Å². The molecule has 2 aromatic heterocycles. The molecule has 0 radical (unpaired) electrons. The van der Waals surface area contributed by atoms with Gasteiger partial charge >= 0.3 is 0 Å². The monoisotopic (exact) mass is 272 g/mol. The second-order valence-corrected chi connectivity index (χ2v) is 4.57. The maximum absolute atomic E-state index is 5.34. The van der Waals surface area contributed by atoms with E-state index < -0.39 is 0 Å². The molecule has 0 aliphatic carbocycles. The van der Waals surface area contributed by atoms with Crippen LogP contribution in [0.5, 0.6) is 5.88 Å². The van der Waals surface area contributed by atoms with Gasteiger partial charge in [-0.15, -0.1) is 0 Å². The Morgan fingerprint density at radius 3 is 2.75 bits per heavy atom. The molecule has 0 amide bonds. The molecule has 0 aliphatic heterocycles. The van der Waals surface area contributed by atoms with Crippen LogP contribution in [0.25, 0.3) is 0 Å². The summed E-state index contributed by atoms with van der Waals surface area (Å²) in [6.45, 7) is 5.08. The maximum Gasteiger partial charge on any atom is 0.237 e. The van der Waals surface area contributed by atoms with Crippen molar-refractivity contribution in [3.05, 3.63) is 47.7 Å². The van der Waals surface area contributed by atoms with Crippen molar-refractivity contribution in [2.24, 2.45) is 0 Å². The Bertz CT molecular complexity index is 559. The molecule has 0 bridgehead atoms. The Hall–Kier alpha value is -2.01. The largest absolute Gasteiger partial charge is 0.480 e. The molecule has 0 saturated heterocycles. The Morgan fingerprint density at radius 1 is 1.25 bits per heavy atom. The Morgan fingerprint density at radius 2 is 2.05 bits per heavy atom. The second kappa shape index (κ2) is 6.96. The highest BCUT2D eigenvalue weighted by molar-refractivity contribution is 5.35. The molecule has 2 heterocycles. The van der Waals surface area contributed by atoms with Gasteiger partial charge in [-0.25, -0.2) is 4.98 Å². The first kappa shape index (κ1) is 14.4. The molecule has 0 aromatic carbocycles. The Labute approximate surface area is 119 Å². The Balaban J connectivity index is 2.44. The molecule has 0 aliphatic rings. The summed E-state index contributed by atoms with van der Waals surface area (Å²) in [6, 6.07) is 1.97. The van der Waals surface area contributed by atoms with E-state index >= 15 is 0 Å². The first-order valence-electron chi connectivity index (χ1n) is 6.76. The smallest absolute Gasteiger partial charge is 0.237 e. The van der Waals surface area contributed by atoms with Crippen LogP contribution < -0.4 is 10.1 Å². The molecule has 0 saturated carbocycles. The SMILES string of the molecule is CCCNC(c1ccncc1C)c1nccnc1OC. The summed E-state index contributed by atoms with van der Waals surface area (Å²) in [5, 5.41) is 3.51. The summed E-state index contributed by atoms with van der Waals surface area (Å²) < 4.78 is 5.34. The highest BCUT2D eigenvalue weighted by Gasteiger charge is 2.21. The number of hydrogen-bond acceptors (Lipinski definition) is 5. The van der Waals surface area contributed by atoms with Crippen LogP contribution in [0.1, 0.15) is 36.2 Å². The molecule has 0 spiro atoms. The predicted octanol–water partition coefficient (Wildman–Crippen LogP) is 2.28. The normalized spacial score (nSPS) is 12.2. The zero-order chi connectivity index (χ0) is 14.4. The van der Waals surface area contributed by atoms with Crippen molar-refractivity contribution >= 4 is 0 Å². The zero-order valence-corrected chi connectivity index (χ0v) is 12.1. The molecule has 1 unspecified atom stereocenters. The quantitative estimate of drug-likeness (QED) is 0.874. The van der Waals surface area contributed by atoms with E-state index in [1.165, 1.54) is 0 Å². The summed E-state index contributed by atoms with van der Waals surface area (Å²) in [5.74, 6) is 0.553. The molecular formula is C15H20N4O. The standard InChI is InChI=1S/C15H20N4O/c1-4-6-17-13(12-5-7-16-10-11(12)2)14-15(20-3)19-9-8-18-14/h5,7-10,13,17H,4,6H2,1-3H3. The second-order valence-electron chi connectivity index (χ2n) is 4.57. The number of nitrogens with zero attached hydrogens (tertiary/aromatic N) is 3. The minimum absolute atomic E-state index is 0.0402. The van der Waals surface area contributed by atoms with Crippen molar-refractivity contribution in [1.82, 2.24) is 20.3 Å². The summed E-state index contributed by atoms with van der Waals surface area (Å²) in [5.41, 5.74) is 3.07. The third-order valence-corrected chi connectivity index (χ3v) is 3.13. The van der Waals surface area contributed by atoms with Gasteiger partial charge in [-0.1, -0.05) is 6.92 Å². The van der Waals surface area contributed by atoms with Gasteiger partial charge in [0.2, 0.25) is 5.88 Å². The van der Waals surface area contributed by atoms with E-state index in [4.69, 9.17) is 4.74 Å². The van der Waals surface area contributed by atoms with Gasteiger partial charge in [0, 0.05) is 24.8 Å². The average molecular weight is 272 g/mol. The van der Waals surface area contributed by atoms with Gasteiger partial charge in [0.05, 0.1) is 13.2 Å². The zero-order valence-electron chi connectivity index (χ0n) is 12.1. The first-order chi connectivity index (χ1) is 9.77. The van der Waals surface area contributed by atoms with Crippen molar-refractivity contribution in [1.29, 1.82) is 0 Å². The molecule has 20 heavy (non-hydrogen) atoms. The van der Waals surface area contributed by atoms with E-state index in [9.17, 15) is 0 Å². The molecule has 1 N–H and O–H groups in total. The van der Waals surface area contributed by atoms with Gasteiger partial charge in [0.15, 0.2) is 0 Å². The van der Waals surface area contributed by atoms with Gasteiger partial charge in [-0.2, -0.15) is 0 Å². The lowest BCUT2D eigenvalue weighted by atomic mass is 10.0. The maximum atomic E-state index is 5.34. The van der Waals surface area contributed by atoms with Crippen LogP contribution in [0.15, 0.2) is 30.9 Å². The molecule has 106 valence electrons. The number of hydrogen-bond donors (Lipinski definition) is 1. The van der Waals surface area contributed by atoms with E-state index in [0.29, 0.717) is 5.88 Å². The van der Waals surface area contributed by atoms with E-state index in [1.807, 2.05) is 19.2 Å². The van der Waals surface area contributed by atoms with Gasteiger partial charge in [0.25, 0.3) is 0 Å². The van der Waals surface area contributed by atoms with Crippen molar-refractivity contribution in [3.63, 3.8) is 0 Å². The number of ether oxygens (including phenoxy) is 1. The van der Waals surface area contributed by atoms with Gasteiger partial charge < -0.3 is 10.1 Å². The van der Waals surface area contributed by atoms with Crippen molar-refractivity contribution in [3.8, 4) is 5.88 Å². The summed E-state index contributed by atoms with van der Waals surface area (Å²) in [4.78, 5) is 12.8. The lowest BCUT2D eigenvalue weighted by Gasteiger charge is -2.21. The fraction of sp³-hybridized carbons (Fsp3) is 0.400. The number of aromatic nitrogens is 3. The molecule has 1 atom stereocenters. The number of pyridine rings is 1. The van der Waals surface area contributed by atoms with Crippen LogP contribution in [-0.4, -0.2) is 28.6 Å². The van der Waals surface area contributed by atoms with Crippen LogP contribution in [0, 0.1) is 6.92 Å². The van der Waals surface area contributed by atoms with Crippen LogP contribution in [0.4, 0.5) is 0 Å². The van der Waals surface area contributed by atoms with E-state index in [-0.39, 0.29) is 6.04 Å². The van der Waals surface area contributed by atoms with Crippen molar-refractivity contribution < 1.29 is 4.74 Å². The first-order valence-corrected chi connectivity index (χ1v) is 6.76.